The average Bonchev–Trinajstić information content (AvgIpc) is 2.95. The van der Waals surface area contributed by atoms with E-state index in [-0.39, 0.29) is 5.91 Å². The first-order valence-corrected chi connectivity index (χ1v) is 7.52. The Morgan fingerprint density at radius 1 is 1.09 bits per heavy atom. The Bertz CT molecular complexity index is 710. The van der Waals surface area contributed by atoms with Crippen LogP contribution in [0.5, 0.6) is 0 Å². The number of halogens is 1. The van der Waals surface area contributed by atoms with E-state index in [4.69, 9.17) is 11.6 Å². The van der Waals surface area contributed by atoms with Gasteiger partial charge in [0.1, 0.15) is 5.84 Å². The molecule has 22 heavy (non-hydrogen) atoms. The van der Waals surface area contributed by atoms with Gasteiger partial charge in [-0.05, 0) is 29.8 Å². The summed E-state index contributed by atoms with van der Waals surface area (Å²) in [7, 11) is 0. The lowest BCUT2D eigenvalue weighted by molar-refractivity contribution is 0.0954. The summed E-state index contributed by atoms with van der Waals surface area (Å²) in [5, 5.41) is 6.76. The van der Waals surface area contributed by atoms with Gasteiger partial charge in [0, 0.05) is 29.2 Å². The topological polar surface area (TPSA) is 53.5 Å². The largest absolute Gasteiger partial charge is 0.368 e. The van der Waals surface area contributed by atoms with Crippen molar-refractivity contribution >= 4 is 23.3 Å². The smallest absolute Gasteiger partial charge is 0.251 e. The van der Waals surface area contributed by atoms with E-state index in [2.05, 4.69) is 27.8 Å². The molecule has 4 nitrogen and oxygen atoms in total. The van der Waals surface area contributed by atoms with Crippen LogP contribution in [-0.2, 0) is 6.54 Å². The Labute approximate surface area is 134 Å². The molecule has 2 N–H and O–H groups in total. The third-order valence-corrected chi connectivity index (χ3v) is 3.74. The fourth-order valence-electron chi connectivity index (χ4n) is 2.35. The standard InChI is InChI=1S/C17H16ClN3O/c18-14-7-5-12(6-8-14)17(22)20-10-9-19-16-15-4-2-1-3-13(15)11-21-16/h1-8H,9-11H2,(H,19,21)(H,20,22). The molecule has 0 fully saturated rings. The number of nitrogens with one attached hydrogen (secondary N) is 2. The maximum absolute atomic E-state index is 11.9. The SMILES string of the molecule is O=C(NCCNC1=NCc2ccccc21)c1ccc(Cl)cc1. The molecule has 0 radical (unpaired) electrons. The number of fused-ring (bicyclic) bond motifs is 1. The van der Waals surface area contributed by atoms with Crippen LogP contribution in [0, 0.1) is 0 Å². The summed E-state index contributed by atoms with van der Waals surface area (Å²) in [4.78, 5) is 16.4. The fraction of sp³-hybridized carbons (Fsp3) is 0.176. The van der Waals surface area contributed by atoms with Crippen molar-refractivity contribution in [2.45, 2.75) is 6.54 Å². The zero-order chi connectivity index (χ0) is 15.4. The first-order valence-electron chi connectivity index (χ1n) is 7.14. The highest BCUT2D eigenvalue weighted by Crippen LogP contribution is 2.16. The van der Waals surface area contributed by atoms with Crippen LogP contribution >= 0.6 is 11.6 Å². The molecule has 1 amide bonds. The second-order valence-corrected chi connectivity index (χ2v) is 5.45. The predicted molar refractivity (Wildman–Crippen MR) is 88.5 cm³/mol. The van der Waals surface area contributed by atoms with Gasteiger partial charge in [0.2, 0.25) is 0 Å². The molecule has 1 aliphatic rings. The van der Waals surface area contributed by atoms with E-state index in [9.17, 15) is 4.79 Å². The number of hydrogen-bond donors (Lipinski definition) is 2. The van der Waals surface area contributed by atoms with Gasteiger partial charge in [-0.25, -0.2) is 0 Å². The van der Waals surface area contributed by atoms with E-state index < -0.39 is 0 Å². The molecule has 0 unspecified atom stereocenters. The lowest BCUT2D eigenvalue weighted by Gasteiger charge is -2.09. The summed E-state index contributed by atoms with van der Waals surface area (Å²) < 4.78 is 0. The minimum absolute atomic E-state index is 0.104. The Kier molecular flexibility index (Phi) is 4.39. The van der Waals surface area contributed by atoms with Crippen LogP contribution in [0.4, 0.5) is 0 Å². The zero-order valence-corrected chi connectivity index (χ0v) is 12.7. The Balaban J connectivity index is 1.47. The van der Waals surface area contributed by atoms with Crippen LogP contribution in [0.15, 0.2) is 53.5 Å². The van der Waals surface area contributed by atoms with Gasteiger partial charge >= 0.3 is 0 Å². The number of aliphatic imine (C=N–C) groups is 1. The first-order chi connectivity index (χ1) is 10.7. The molecule has 1 aliphatic heterocycles. The van der Waals surface area contributed by atoms with Crippen molar-refractivity contribution in [3.8, 4) is 0 Å². The first kappa shape index (κ1) is 14.6. The van der Waals surface area contributed by atoms with Crippen molar-refractivity contribution in [2.75, 3.05) is 13.1 Å². The third-order valence-electron chi connectivity index (χ3n) is 3.49. The Morgan fingerprint density at radius 3 is 2.68 bits per heavy atom. The minimum atomic E-state index is -0.104. The van der Waals surface area contributed by atoms with Crippen LogP contribution in [0.2, 0.25) is 5.02 Å². The van der Waals surface area contributed by atoms with E-state index in [0.717, 1.165) is 17.9 Å². The van der Waals surface area contributed by atoms with Gasteiger partial charge in [-0.3, -0.25) is 9.79 Å². The second-order valence-electron chi connectivity index (χ2n) is 5.01. The van der Waals surface area contributed by atoms with Crippen LogP contribution in [-0.4, -0.2) is 24.8 Å². The van der Waals surface area contributed by atoms with Gasteiger partial charge < -0.3 is 10.6 Å². The number of amides is 1. The lowest BCUT2D eigenvalue weighted by atomic mass is 10.1. The van der Waals surface area contributed by atoms with Crippen molar-refractivity contribution in [3.05, 3.63) is 70.2 Å². The molecule has 112 valence electrons. The van der Waals surface area contributed by atoms with Crippen molar-refractivity contribution < 1.29 is 4.79 Å². The number of nitrogens with zero attached hydrogens (tertiary/aromatic N) is 1. The van der Waals surface area contributed by atoms with Gasteiger partial charge in [-0.1, -0.05) is 35.9 Å². The van der Waals surface area contributed by atoms with E-state index in [0.29, 0.717) is 23.7 Å². The summed E-state index contributed by atoms with van der Waals surface area (Å²) in [6.07, 6.45) is 0. The quantitative estimate of drug-likeness (QED) is 0.853. The molecule has 0 saturated heterocycles. The van der Waals surface area contributed by atoms with Gasteiger partial charge in [0.05, 0.1) is 6.54 Å². The van der Waals surface area contributed by atoms with Crippen LogP contribution in [0.3, 0.4) is 0 Å². The number of carbonyl (C=O) groups is 1. The van der Waals surface area contributed by atoms with Crippen molar-refractivity contribution in [1.29, 1.82) is 0 Å². The number of amidine groups is 1. The number of benzene rings is 2. The summed E-state index contributed by atoms with van der Waals surface area (Å²) >= 11 is 5.80. The zero-order valence-electron chi connectivity index (χ0n) is 12.0. The predicted octanol–water partition coefficient (Wildman–Crippen LogP) is 2.62. The summed E-state index contributed by atoms with van der Waals surface area (Å²) in [6.45, 7) is 1.88. The highest BCUT2D eigenvalue weighted by atomic mass is 35.5. The normalized spacial score (nSPS) is 12.5. The minimum Gasteiger partial charge on any atom is -0.368 e. The fourth-order valence-corrected chi connectivity index (χ4v) is 2.48. The third kappa shape index (κ3) is 3.28. The summed E-state index contributed by atoms with van der Waals surface area (Å²) in [6, 6.07) is 15.0. The van der Waals surface area contributed by atoms with E-state index in [1.54, 1.807) is 24.3 Å². The van der Waals surface area contributed by atoms with Crippen LogP contribution in [0.1, 0.15) is 21.5 Å². The highest BCUT2D eigenvalue weighted by molar-refractivity contribution is 6.30. The van der Waals surface area contributed by atoms with E-state index in [1.807, 2.05) is 12.1 Å². The maximum atomic E-state index is 11.9. The summed E-state index contributed by atoms with van der Waals surface area (Å²) in [5.41, 5.74) is 2.98. The van der Waals surface area contributed by atoms with E-state index in [1.165, 1.54) is 5.56 Å². The number of carbonyl (C=O) groups excluding carboxylic acids is 1. The molecular formula is C17H16ClN3O. The second kappa shape index (κ2) is 6.62. The highest BCUT2D eigenvalue weighted by Gasteiger charge is 2.14. The molecule has 2 aromatic rings. The van der Waals surface area contributed by atoms with Crippen LogP contribution in [0.25, 0.3) is 0 Å². The van der Waals surface area contributed by atoms with Crippen molar-refractivity contribution in [3.63, 3.8) is 0 Å². The Hall–Kier alpha value is -2.33. The molecule has 1 heterocycles. The number of hydrogen-bond acceptors (Lipinski definition) is 3. The molecule has 0 saturated carbocycles. The average molecular weight is 314 g/mol. The van der Waals surface area contributed by atoms with Gasteiger partial charge in [-0.15, -0.1) is 0 Å². The number of rotatable bonds is 4. The van der Waals surface area contributed by atoms with Gasteiger partial charge in [-0.2, -0.15) is 0 Å². The van der Waals surface area contributed by atoms with E-state index >= 15 is 0 Å². The lowest BCUT2D eigenvalue weighted by Crippen LogP contribution is -2.34. The molecule has 2 aromatic carbocycles. The van der Waals surface area contributed by atoms with Gasteiger partial charge in [0.25, 0.3) is 5.91 Å². The summed E-state index contributed by atoms with van der Waals surface area (Å²) in [5.74, 6) is 0.795. The molecule has 0 aliphatic carbocycles. The molecule has 0 atom stereocenters. The van der Waals surface area contributed by atoms with Crippen LogP contribution < -0.4 is 10.6 Å². The molecular weight excluding hydrogens is 298 g/mol. The molecule has 0 aromatic heterocycles. The van der Waals surface area contributed by atoms with Crippen molar-refractivity contribution in [1.82, 2.24) is 10.6 Å². The molecule has 3 rings (SSSR count). The maximum Gasteiger partial charge on any atom is 0.251 e. The Morgan fingerprint density at radius 2 is 1.86 bits per heavy atom. The molecule has 0 spiro atoms. The molecule has 5 heteroatoms. The monoisotopic (exact) mass is 313 g/mol. The van der Waals surface area contributed by atoms with Gasteiger partial charge in [0.15, 0.2) is 0 Å². The molecule has 0 bridgehead atoms. The van der Waals surface area contributed by atoms with Crippen molar-refractivity contribution in [2.24, 2.45) is 4.99 Å².